The molecule has 0 radical (unpaired) electrons. The summed E-state index contributed by atoms with van der Waals surface area (Å²) in [6.45, 7) is 4.85. The van der Waals surface area contributed by atoms with Gasteiger partial charge in [0.15, 0.2) is 0 Å². The number of fused-ring (bicyclic) bond motifs is 1. The van der Waals surface area contributed by atoms with E-state index in [1.165, 1.54) is 11.1 Å². The summed E-state index contributed by atoms with van der Waals surface area (Å²) in [5.41, 5.74) is 3.19. The Labute approximate surface area is 114 Å². The van der Waals surface area contributed by atoms with Crippen molar-refractivity contribution in [2.45, 2.75) is 26.3 Å². The van der Waals surface area contributed by atoms with Gasteiger partial charge in [0.1, 0.15) is 0 Å². The van der Waals surface area contributed by atoms with Crippen LogP contribution >= 0.6 is 0 Å². The fourth-order valence-corrected chi connectivity index (χ4v) is 2.49. The molecule has 0 saturated heterocycles. The van der Waals surface area contributed by atoms with E-state index in [0.29, 0.717) is 19.5 Å². The van der Waals surface area contributed by atoms with Crippen LogP contribution in [0.1, 0.15) is 34.8 Å². The van der Waals surface area contributed by atoms with Crippen molar-refractivity contribution in [2.24, 2.45) is 0 Å². The molecule has 0 spiro atoms. The number of nitriles is 1. The molecule has 0 aromatic heterocycles. The largest absolute Gasteiger partial charge is 0.338 e. The van der Waals surface area contributed by atoms with E-state index in [9.17, 15) is 4.79 Å². The first-order chi connectivity index (χ1) is 9.27. The molecule has 19 heavy (non-hydrogen) atoms. The summed E-state index contributed by atoms with van der Waals surface area (Å²) in [5, 5.41) is 12.0. The van der Waals surface area contributed by atoms with E-state index in [0.717, 1.165) is 25.1 Å². The van der Waals surface area contributed by atoms with Crippen LogP contribution in [-0.2, 0) is 13.0 Å². The van der Waals surface area contributed by atoms with E-state index in [1.807, 2.05) is 19.1 Å². The number of rotatable bonds is 4. The minimum atomic E-state index is 0.0523. The smallest absolute Gasteiger partial charge is 0.254 e. The van der Waals surface area contributed by atoms with Crippen LogP contribution in [0.15, 0.2) is 18.2 Å². The van der Waals surface area contributed by atoms with E-state index in [4.69, 9.17) is 5.26 Å². The van der Waals surface area contributed by atoms with Gasteiger partial charge >= 0.3 is 0 Å². The predicted molar refractivity (Wildman–Crippen MR) is 73.7 cm³/mol. The van der Waals surface area contributed by atoms with Crippen molar-refractivity contribution in [2.75, 3.05) is 19.6 Å². The Kier molecular flexibility index (Phi) is 4.53. The first kappa shape index (κ1) is 13.6. The maximum atomic E-state index is 12.5. The molecule has 0 fully saturated rings. The fourth-order valence-electron chi connectivity index (χ4n) is 2.49. The normalized spacial score (nSPS) is 13.5. The summed E-state index contributed by atoms with van der Waals surface area (Å²) < 4.78 is 0. The lowest BCUT2D eigenvalue weighted by atomic mass is 9.94. The van der Waals surface area contributed by atoms with Crippen LogP contribution in [0.2, 0.25) is 0 Å². The number of carbonyl (C=O) groups excluding carboxylic acids is 1. The summed E-state index contributed by atoms with van der Waals surface area (Å²) in [6.07, 6.45) is 1.28. The highest BCUT2D eigenvalue weighted by Gasteiger charge is 2.20. The Morgan fingerprint density at radius 1 is 1.53 bits per heavy atom. The second-order valence-corrected chi connectivity index (χ2v) is 4.66. The fraction of sp³-hybridized carbons (Fsp3) is 0.467. The average molecular weight is 257 g/mol. The van der Waals surface area contributed by atoms with E-state index in [-0.39, 0.29) is 5.91 Å². The van der Waals surface area contributed by atoms with E-state index in [1.54, 1.807) is 4.90 Å². The average Bonchev–Trinajstić information content (AvgIpc) is 2.47. The van der Waals surface area contributed by atoms with Gasteiger partial charge < -0.3 is 10.2 Å². The molecule has 1 aliphatic rings. The molecule has 1 aliphatic heterocycles. The SMILES string of the molecule is CCN(CCC#N)C(=O)c1cccc2c1CCNC2. The third-order valence-electron chi connectivity index (χ3n) is 3.53. The number of benzene rings is 1. The molecule has 0 aliphatic carbocycles. The second kappa shape index (κ2) is 6.35. The maximum absolute atomic E-state index is 12.5. The van der Waals surface area contributed by atoms with Crippen LogP contribution in [0.3, 0.4) is 0 Å². The highest BCUT2D eigenvalue weighted by molar-refractivity contribution is 5.96. The van der Waals surface area contributed by atoms with Crippen molar-refractivity contribution in [3.8, 4) is 6.07 Å². The number of hydrogen-bond acceptors (Lipinski definition) is 3. The first-order valence-corrected chi connectivity index (χ1v) is 6.75. The summed E-state index contributed by atoms with van der Waals surface area (Å²) in [5.74, 6) is 0.0523. The number of nitrogens with zero attached hydrogens (tertiary/aromatic N) is 2. The monoisotopic (exact) mass is 257 g/mol. The lowest BCUT2D eigenvalue weighted by molar-refractivity contribution is 0.0766. The molecule has 1 aromatic carbocycles. The minimum Gasteiger partial charge on any atom is -0.338 e. The van der Waals surface area contributed by atoms with Gasteiger partial charge in [-0.3, -0.25) is 4.79 Å². The van der Waals surface area contributed by atoms with Gasteiger partial charge in [-0.15, -0.1) is 0 Å². The second-order valence-electron chi connectivity index (χ2n) is 4.66. The molecule has 100 valence electrons. The Bertz CT molecular complexity index is 505. The Morgan fingerprint density at radius 2 is 2.37 bits per heavy atom. The maximum Gasteiger partial charge on any atom is 0.254 e. The Morgan fingerprint density at radius 3 is 3.11 bits per heavy atom. The van der Waals surface area contributed by atoms with Crippen LogP contribution < -0.4 is 5.32 Å². The standard InChI is InChI=1S/C15H19N3O/c1-2-18(10-4-8-16)15(19)14-6-3-5-12-11-17-9-7-13(12)14/h3,5-6,17H,2,4,7,9-11H2,1H3. The van der Waals surface area contributed by atoms with Gasteiger partial charge in [0.2, 0.25) is 0 Å². The van der Waals surface area contributed by atoms with Gasteiger partial charge in [0.25, 0.3) is 5.91 Å². The van der Waals surface area contributed by atoms with Crippen LogP contribution in [0.25, 0.3) is 0 Å². The molecule has 1 aromatic rings. The molecular weight excluding hydrogens is 238 g/mol. The van der Waals surface area contributed by atoms with Crippen molar-refractivity contribution >= 4 is 5.91 Å². The molecule has 0 saturated carbocycles. The quantitative estimate of drug-likeness (QED) is 0.893. The molecule has 1 heterocycles. The van der Waals surface area contributed by atoms with Crippen molar-refractivity contribution in [1.29, 1.82) is 5.26 Å². The van der Waals surface area contributed by atoms with Gasteiger partial charge in [-0.1, -0.05) is 12.1 Å². The first-order valence-electron chi connectivity index (χ1n) is 6.75. The van der Waals surface area contributed by atoms with Crippen molar-refractivity contribution < 1.29 is 4.79 Å². The number of hydrogen-bond donors (Lipinski definition) is 1. The third kappa shape index (κ3) is 2.94. The third-order valence-corrected chi connectivity index (χ3v) is 3.53. The number of amides is 1. The molecule has 0 bridgehead atoms. The van der Waals surface area contributed by atoms with Crippen molar-refractivity contribution in [3.63, 3.8) is 0 Å². The van der Waals surface area contributed by atoms with Crippen LogP contribution in [0, 0.1) is 11.3 Å². The predicted octanol–water partition coefficient (Wildman–Crippen LogP) is 1.71. The Hall–Kier alpha value is -1.86. The van der Waals surface area contributed by atoms with Gasteiger partial charge in [-0.05, 0) is 37.1 Å². The molecule has 0 atom stereocenters. The van der Waals surface area contributed by atoms with E-state index in [2.05, 4.69) is 17.5 Å². The molecule has 2 rings (SSSR count). The topological polar surface area (TPSA) is 56.1 Å². The summed E-state index contributed by atoms with van der Waals surface area (Å²) in [4.78, 5) is 14.3. The van der Waals surface area contributed by atoms with Gasteiger partial charge in [0, 0.05) is 25.2 Å². The number of nitrogens with one attached hydrogen (secondary N) is 1. The zero-order valence-corrected chi connectivity index (χ0v) is 11.3. The molecular formula is C15H19N3O. The van der Waals surface area contributed by atoms with Crippen LogP contribution in [0.4, 0.5) is 0 Å². The molecule has 1 amide bonds. The van der Waals surface area contributed by atoms with Crippen LogP contribution in [0.5, 0.6) is 0 Å². The van der Waals surface area contributed by atoms with Crippen molar-refractivity contribution in [1.82, 2.24) is 10.2 Å². The molecule has 4 heteroatoms. The van der Waals surface area contributed by atoms with Crippen molar-refractivity contribution in [3.05, 3.63) is 34.9 Å². The minimum absolute atomic E-state index is 0.0523. The van der Waals surface area contributed by atoms with Gasteiger partial charge in [-0.2, -0.15) is 5.26 Å². The van der Waals surface area contributed by atoms with Crippen LogP contribution in [-0.4, -0.2) is 30.4 Å². The highest BCUT2D eigenvalue weighted by Crippen LogP contribution is 2.20. The summed E-state index contributed by atoms with van der Waals surface area (Å²) in [7, 11) is 0. The lowest BCUT2D eigenvalue weighted by Gasteiger charge is -2.24. The van der Waals surface area contributed by atoms with E-state index >= 15 is 0 Å². The number of carbonyl (C=O) groups is 1. The summed E-state index contributed by atoms with van der Waals surface area (Å²) >= 11 is 0. The lowest BCUT2D eigenvalue weighted by Crippen LogP contribution is -2.34. The molecule has 1 N–H and O–H groups in total. The zero-order valence-electron chi connectivity index (χ0n) is 11.3. The highest BCUT2D eigenvalue weighted by atomic mass is 16.2. The zero-order chi connectivity index (χ0) is 13.7. The Balaban J connectivity index is 2.25. The van der Waals surface area contributed by atoms with Gasteiger partial charge in [-0.25, -0.2) is 0 Å². The molecule has 0 unspecified atom stereocenters. The molecule has 4 nitrogen and oxygen atoms in total. The van der Waals surface area contributed by atoms with E-state index < -0.39 is 0 Å². The van der Waals surface area contributed by atoms with Gasteiger partial charge in [0.05, 0.1) is 12.5 Å². The summed E-state index contributed by atoms with van der Waals surface area (Å²) in [6, 6.07) is 8.02.